The van der Waals surface area contributed by atoms with E-state index in [4.69, 9.17) is 4.98 Å². The van der Waals surface area contributed by atoms with Gasteiger partial charge in [-0.3, -0.25) is 4.98 Å². The Morgan fingerprint density at radius 1 is 0.444 bits per heavy atom. The molecule has 5 aromatic carbocycles. The summed E-state index contributed by atoms with van der Waals surface area (Å²) in [4.78, 5) is 4.79. The molecule has 0 fully saturated rings. The molecule has 6 rings (SSSR count). The van der Waals surface area contributed by atoms with Crippen LogP contribution in [0.25, 0.3) is 55.1 Å². The van der Waals surface area contributed by atoms with Crippen molar-refractivity contribution in [3.8, 4) is 33.5 Å². The second-order valence-electron chi connectivity index (χ2n) is 10.6. The number of pyridine rings is 1. The van der Waals surface area contributed by atoms with Gasteiger partial charge in [0, 0.05) is 17.3 Å². The van der Waals surface area contributed by atoms with Gasteiger partial charge in [-0.1, -0.05) is 116 Å². The van der Waals surface area contributed by atoms with Crippen LogP contribution in [0.5, 0.6) is 0 Å². The Morgan fingerprint density at radius 2 is 0.944 bits per heavy atom. The topological polar surface area (TPSA) is 12.9 Å². The molecule has 0 unspecified atom stereocenters. The third-order valence-corrected chi connectivity index (χ3v) is 9.13. The third-order valence-electron chi connectivity index (χ3n) is 7.07. The van der Waals surface area contributed by atoms with Gasteiger partial charge in [0.05, 0.1) is 13.8 Å². The van der Waals surface area contributed by atoms with Crippen molar-refractivity contribution in [2.45, 2.75) is 19.6 Å². The quantitative estimate of drug-likeness (QED) is 0.230. The fourth-order valence-electron chi connectivity index (χ4n) is 4.85. The molecule has 0 aliphatic carbocycles. The lowest BCUT2D eigenvalue weighted by atomic mass is 9.98. The van der Waals surface area contributed by atoms with E-state index in [2.05, 4.69) is 135 Å². The van der Waals surface area contributed by atoms with E-state index in [0.29, 0.717) is 0 Å². The zero-order chi connectivity index (χ0) is 24.7. The smallest absolute Gasteiger partial charge is 0.0775 e. The largest absolute Gasteiger partial charge is 0.256 e. The van der Waals surface area contributed by atoms with E-state index >= 15 is 0 Å². The highest BCUT2D eigenvalue weighted by molar-refractivity contribution is 6.88. The van der Waals surface area contributed by atoms with Crippen molar-refractivity contribution in [2.75, 3.05) is 0 Å². The first-order chi connectivity index (χ1) is 17.4. The maximum atomic E-state index is 4.79. The SMILES string of the molecule is C[Si](C)(C)c1ccc(-c2ccc3cc(-c4ccc(-c5ccc6ccccc6c5)nc4)ccc3c2)cc1. The normalized spacial score (nSPS) is 11.8. The van der Waals surface area contributed by atoms with Gasteiger partial charge in [-0.05, 0) is 62.5 Å². The van der Waals surface area contributed by atoms with Crippen molar-refractivity contribution in [3.63, 3.8) is 0 Å². The van der Waals surface area contributed by atoms with Crippen LogP contribution >= 0.6 is 0 Å². The highest BCUT2D eigenvalue weighted by atomic mass is 28.3. The minimum absolute atomic E-state index is 0.995. The third kappa shape index (κ3) is 4.36. The molecule has 0 bridgehead atoms. The van der Waals surface area contributed by atoms with Crippen LogP contribution in [0.2, 0.25) is 19.6 Å². The number of benzene rings is 5. The molecule has 0 atom stereocenters. The molecule has 0 spiro atoms. The lowest BCUT2D eigenvalue weighted by Gasteiger charge is -2.17. The summed E-state index contributed by atoms with van der Waals surface area (Å²) in [5, 5.41) is 6.49. The van der Waals surface area contributed by atoms with Crippen molar-refractivity contribution in [1.29, 1.82) is 0 Å². The van der Waals surface area contributed by atoms with Crippen LogP contribution in [-0.2, 0) is 0 Å². The van der Waals surface area contributed by atoms with Gasteiger partial charge in [-0.25, -0.2) is 0 Å². The molecule has 0 saturated carbocycles. The molecule has 1 nitrogen and oxygen atoms in total. The second-order valence-corrected chi connectivity index (χ2v) is 15.7. The first-order valence-electron chi connectivity index (χ1n) is 12.5. The standard InChI is InChI=1S/C34H29NSi/c1-36(2,3)33-17-14-25(15-18-33)27-9-10-29-21-30(12-11-28(29)20-27)32-16-19-34(35-23-32)31-13-8-24-6-4-5-7-26(24)22-31/h4-23H,1-3H3. The van der Waals surface area contributed by atoms with E-state index in [0.717, 1.165) is 16.8 Å². The fraction of sp³-hybridized carbons (Fsp3) is 0.0882. The Morgan fingerprint density at radius 3 is 1.58 bits per heavy atom. The first-order valence-corrected chi connectivity index (χ1v) is 16.0. The number of hydrogen-bond acceptors (Lipinski definition) is 1. The zero-order valence-electron chi connectivity index (χ0n) is 21.0. The number of fused-ring (bicyclic) bond motifs is 2. The number of hydrogen-bond donors (Lipinski definition) is 0. The van der Waals surface area contributed by atoms with Crippen LogP contribution in [0.4, 0.5) is 0 Å². The minimum Gasteiger partial charge on any atom is -0.256 e. The van der Waals surface area contributed by atoms with E-state index in [1.54, 1.807) is 0 Å². The van der Waals surface area contributed by atoms with E-state index in [9.17, 15) is 0 Å². The molecule has 36 heavy (non-hydrogen) atoms. The van der Waals surface area contributed by atoms with Crippen LogP contribution in [0.1, 0.15) is 0 Å². The zero-order valence-corrected chi connectivity index (χ0v) is 22.0. The molecule has 1 heterocycles. The van der Waals surface area contributed by atoms with E-state index in [-0.39, 0.29) is 0 Å². The van der Waals surface area contributed by atoms with Crippen molar-refractivity contribution < 1.29 is 0 Å². The molecule has 0 radical (unpaired) electrons. The summed E-state index contributed by atoms with van der Waals surface area (Å²) in [5.41, 5.74) is 6.99. The lowest BCUT2D eigenvalue weighted by molar-refractivity contribution is 1.33. The van der Waals surface area contributed by atoms with Gasteiger partial charge in [-0.2, -0.15) is 0 Å². The molecule has 0 amide bonds. The molecular formula is C34H29NSi. The minimum atomic E-state index is -1.28. The van der Waals surface area contributed by atoms with Gasteiger partial charge in [0.15, 0.2) is 0 Å². The summed E-state index contributed by atoms with van der Waals surface area (Å²) < 4.78 is 0. The molecule has 2 heteroatoms. The van der Waals surface area contributed by atoms with Crippen LogP contribution in [0.15, 0.2) is 121 Å². The Labute approximate surface area is 214 Å². The maximum Gasteiger partial charge on any atom is 0.0775 e. The summed E-state index contributed by atoms with van der Waals surface area (Å²) >= 11 is 0. The van der Waals surface area contributed by atoms with Crippen LogP contribution in [-0.4, -0.2) is 13.1 Å². The van der Waals surface area contributed by atoms with Crippen LogP contribution in [0.3, 0.4) is 0 Å². The number of aromatic nitrogens is 1. The van der Waals surface area contributed by atoms with Crippen molar-refractivity contribution in [2.24, 2.45) is 0 Å². The number of rotatable bonds is 4. The summed E-state index contributed by atoms with van der Waals surface area (Å²) in [5.74, 6) is 0. The van der Waals surface area contributed by atoms with Crippen LogP contribution < -0.4 is 5.19 Å². The second kappa shape index (κ2) is 8.89. The highest BCUT2D eigenvalue weighted by Gasteiger charge is 2.15. The van der Waals surface area contributed by atoms with Crippen molar-refractivity contribution in [3.05, 3.63) is 121 Å². The predicted molar refractivity (Wildman–Crippen MR) is 159 cm³/mol. The lowest BCUT2D eigenvalue weighted by Crippen LogP contribution is -2.37. The first kappa shape index (κ1) is 22.5. The molecule has 0 aliphatic rings. The monoisotopic (exact) mass is 479 g/mol. The molecule has 1 aromatic heterocycles. The highest BCUT2D eigenvalue weighted by Crippen LogP contribution is 2.30. The Bertz CT molecular complexity index is 1690. The molecular weight excluding hydrogens is 450 g/mol. The molecule has 6 aromatic rings. The van der Waals surface area contributed by atoms with E-state index in [1.807, 2.05) is 6.20 Å². The summed E-state index contributed by atoms with van der Waals surface area (Å²) in [7, 11) is -1.28. The summed E-state index contributed by atoms with van der Waals surface area (Å²) in [6.45, 7) is 7.17. The summed E-state index contributed by atoms with van der Waals surface area (Å²) in [6.07, 6.45) is 1.99. The molecule has 0 N–H and O–H groups in total. The van der Waals surface area contributed by atoms with Crippen molar-refractivity contribution in [1.82, 2.24) is 4.98 Å². The van der Waals surface area contributed by atoms with Gasteiger partial charge in [0.25, 0.3) is 0 Å². The molecule has 0 aliphatic heterocycles. The maximum absolute atomic E-state index is 4.79. The Kier molecular flexibility index (Phi) is 5.54. The molecule has 0 saturated heterocycles. The molecule has 174 valence electrons. The summed E-state index contributed by atoms with van der Waals surface area (Å²) in [6, 6.07) is 41.9. The van der Waals surface area contributed by atoms with Gasteiger partial charge < -0.3 is 0 Å². The predicted octanol–water partition coefficient (Wildman–Crippen LogP) is 8.93. The Balaban J connectivity index is 1.27. The number of nitrogens with zero attached hydrogens (tertiary/aromatic N) is 1. The fourth-order valence-corrected chi connectivity index (χ4v) is 6.02. The van der Waals surface area contributed by atoms with Gasteiger partial charge in [0.2, 0.25) is 0 Å². The van der Waals surface area contributed by atoms with Gasteiger partial charge >= 0.3 is 0 Å². The van der Waals surface area contributed by atoms with Crippen molar-refractivity contribution >= 4 is 34.8 Å². The van der Waals surface area contributed by atoms with Gasteiger partial charge in [0.1, 0.15) is 0 Å². The van der Waals surface area contributed by atoms with E-state index in [1.165, 1.54) is 43.4 Å². The van der Waals surface area contributed by atoms with Crippen LogP contribution in [0, 0.1) is 0 Å². The van der Waals surface area contributed by atoms with Gasteiger partial charge in [-0.15, -0.1) is 0 Å². The average Bonchev–Trinajstić information content (AvgIpc) is 2.92. The average molecular weight is 480 g/mol. The Hall–Kier alpha value is -4.01. The van der Waals surface area contributed by atoms with E-state index < -0.39 is 8.07 Å².